The van der Waals surface area contributed by atoms with Crippen molar-refractivity contribution >= 4 is 27.7 Å². The fourth-order valence-electron chi connectivity index (χ4n) is 3.49. The van der Waals surface area contributed by atoms with E-state index in [0.717, 1.165) is 34.3 Å². The maximum atomic E-state index is 9.26. The van der Waals surface area contributed by atoms with Crippen LogP contribution in [0.3, 0.4) is 0 Å². The molecule has 118 valence electrons. The van der Waals surface area contributed by atoms with Crippen LogP contribution in [-0.4, -0.2) is 14.0 Å². The molecule has 5 rings (SSSR count). The molecule has 0 aliphatic heterocycles. The molecule has 0 amide bonds. The van der Waals surface area contributed by atoms with Crippen molar-refractivity contribution < 1.29 is 0 Å². The minimum absolute atomic E-state index is 0.628. The van der Waals surface area contributed by atoms with Crippen molar-refractivity contribution in [2.45, 2.75) is 6.54 Å². The first-order chi connectivity index (χ1) is 12.3. The molecule has 4 nitrogen and oxygen atoms in total. The Morgan fingerprint density at radius 3 is 2.56 bits per heavy atom. The monoisotopic (exact) mass is 322 g/mol. The van der Waals surface area contributed by atoms with Crippen molar-refractivity contribution in [3.05, 3.63) is 84.1 Å². The van der Waals surface area contributed by atoms with Crippen LogP contribution in [0, 0.1) is 11.3 Å². The first-order valence-corrected chi connectivity index (χ1v) is 8.18. The molecule has 0 aliphatic rings. The lowest BCUT2D eigenvalue weighted by Gasteiger charge is -2.08. The van der Waals surface area contributed by atoms with E-state index in [0.29, 0.717) is 5.56 Å². The molecule has 0 saturated carbocycles. The number of para-hydroxylation sites is 1. The summed E-state index contributed by atoms with van der Waals surface area (Å²) in [5.74, 6) is 0. The molecule has 0 unspecified atom stereocenters. The van der Waals surface area contributed by atoms with Gasteiger partial charge < -0.3 is 4.57 Å². The van der Waals surface area contributed by atoms with Gasteiger partial charge in [0, 0.05) is 18.1 Å². The van der Waals surface area contributed by atoms with E-state index in [2.05, 4.69) is 53.1 Å². The summed E-state index contributed by atoms with van der Waals surface area (Å²) in [5, 5.41) is 10.4. The maximum absolute atomic E-state index is 9.26. The Labute approximate surface area is 144 Å². The third-order valence-corrected chi connectivity index (χ3v) is 4.61. The molecular formula is C21H14N4. The van der Waals surface area contributed by atoms with Gasteiger partial charge in [0.05, 0.1) is 11.1 Å². The molecule has 2 aromatic carbocycles. The molecule has 0 saturated heterocycles. The predicted octanol–water partition coefficient (Wildman–Crippen LogP) is 4.36. The zero-order valence-corrected chi connectivity index (χ0v) is 13.4. The van der Waals surface area contributed by atoms with Gasteiger partial charge in [-0.15, -0.1) is 0 Å². The summed E-state index contributed by atoms with van der Waals surface area (Å²) in [4.78, 5) is 4.81. The molecule has 0 bridgehead atoms. The van der Waals surface area contributed by atoms with E-state index in [1.165, 1.54) is 5.56 Å². The van der Waals surface area contributed by atoms with Gasteiger partial charge in [-0.25, -0.2) is 4.98 Å². The number of fused-ring (bicyclic) bond motifs is 5. The number of nitrogens with zero attached hydrogens (tertiary/aromatic N) is 4. The fraction of sp³-hybridized carbons (Fsp3) is 0.0476. The van der Waals surface area contributed by atoms with Crippen LogP contribution in [0.5, 0.6) is 0 Å². The highest BCUT2D eigenvalue weighted by molar-refractivity contribution is 6.06. The lowest BCUT2D eigenvalue weighted by molar-refractivity contribution is 0.850. The number of nitriles is 1. The number of benzene rings is 2. The topological polar surface area (TPSA) is 46.0 Å². The molecule has 25 heavy (non-hydrogen) atoms. The van der Waals surface area contributed by atoms with Crippen LogP contribution in [0.25, 0.3) is 27.7 Å². The normalized spacial score (nSPS) is 11.3. The van der Waals surface area contributed by atoms with Gasteiger partial charge in [-0.2, -0.15) is 5.26 Å². The Balaban J connectivity index is 1.90. The van der Waals surface area contributed by atoms with E-state index in [-0.39, 0.29) is 0 Å². The molecule has 0 radical (unpaired) electrons. The summed E-state index contributed by atoms with van der Waals surface area (Å²) in [5.41, 5.74) is 5.87. The fourth-order valence-corrected chi connectivity index (χ4v) is 3.49. The van der Waals surface area contributed by atoms with Crippen molar-refractivity contribution in [3.8, 4) is 6.07 Å². The summed E-state index contributed by atoms with van der Waals surface area (Å²) in [7, 11) is 0. The molecule has 3 heterocycles. The van der Waals surface area contributed by atoms with Crippen LogP contribution >= 0.6 is 0 Å². The Bertz CT molecular complexity index is 1270. The molecule has 0 fully saturated rings. The van der Waals surface area contributed by atoms with E-state index in [9.17, 15) is 5.26 Å². The highest BCUT2D eigenvalue weighted by Gasteiger charge is 2.16. The lowest BCUT2D eigenvalue weighted by Crippen LogP contribution is -2.02. The van der Waals surface area contributed by atoms with Gasteiger partial charge in [0.2, 0.25) is 0 Å². The lowest BCUT2D eigenvalue weighted by atomic mass is 10.2. The van der Waals surface area contributed by atoms with Gasteiger partial charge in [0.1, 0.15) is 22.9 Å². The van der Waals surface area contributed by atoms with Crippen LogP contribution in [0.2, 0.25) is 0 Å². The molecular weight excluding hydrogens is 308 g/mol. The highest BCUT2D eigenvalue weighted by Crippen LogP contribution is 2.30. The Hall–Kier alpha value is -3.58. The Morgan fingerprint density at radius 1 is 0.920 bits per heavy atom. The summed E-state index contributed by atoms with van der Waals surface area (Å²) in [6.45, 7) is 0.759. The molecule has 0 N–H and O–H groups in total. The largest absolute Gasteiger partial charge is 0.321 e. The number of imidazole rings is 1. The first kappa shape index (κ1) is 13.8. The molecule has 0 atom stereocenters. The number of aromatic nitrogens is 3. The maximum Gasteiger partial charge on any atom is 0.146 e. The van der Waals surface area contributed by atoms with Crippen LogP contribution in [0.15, 0.2) is 72.9 Å². The third kappa shape index (κ3) is 2.03. The van der Waals surface area contributed by atoms with Gasteiger partial charge >= 0.3 is 0 Å². The van der Waals surface area contributed by atoms with Gasteiger partial charge in [-0.05, 0) is 23.8 Å². The van der Waals surface area contributed by atoms with E-state index < -0.39 is 0 Å². The van der Waals surface area contributed by atoms with Gasteiger partial charge in [0.15, 0.2) is 0 Å². The average molecular weight is 322 g/mol. The summed E-state index contributed by atoms with van der Waals surface area (Å²) in [6.07, 6.45) is 1.87. The SMILES string of the molecule is N#Cc1ccc2nc3c4ccccc4n(Cc4ccccc4)c3n2c1. The van der Waals surface area contributed by atoms with Crippen molar-refractivity contribution in [2.24, 2.45) is 0 Å². The first-order valence-electron chi connectivity index (χ1n) is 8.18. The van der Waals surface area contributed by atoms with E-state index >= 15 is 0 Å². The molecule has 3 aromatic heterocycles. The van der Waals surface area contributed by atoms with Crippen LogP contribution in [0.4, 0.5) is 0 Å². The Morgan fingerprint density at radius 2 is 1.72 bits per heavy atom. The van der Waals surface area contributed by atoms with Crippen molar-refractivity contribution in [1.82, 2.24) is 14.0 Å². The summed E-state index contributed by atoms with van der Waals surface area (Å²) < 4.78 is 4.30. The second-order valence-electron chi connectivity index (χ2n) is 6.13. The van der Waals surface area contributed by atoms with Gasteiger partial charge in [-0.3, -0.25) is 4.40 Å². The minimum Gasteiger partial charge on any atom is -0.321 e. The molecule has 0 aliphatic carbocycles. The van der Waals surface area contributed by atoms with Crippen LogP contribution in [-0.2, 0) is 6.54 Å². The highest BCUT2D eigenvalue weighted by atomic mass is 15.1. The number of rotatable bonds is 2. The molecule has 5 aromatic rings. The van der Waals surface area contributed by atoms with Crippen LogP contribution in [0.1, 0.15) is 11.1 Å². The van der Waals surface area contributed by atoms with Gasteiger partial charge in [0.25, 0.3) is 0 Å². The number of hydrogen-bond acceptors (Lipinski definition) is 2. The third-order valence-electron chi connectivity index (χ3n) is 4.61. The zero-order valence-electron chi connectivity index (χ0n) is 13.4. The quantitative estimate of drug-likeness (QED) is 0.485. The van der Waals surface area contributed by atoms with Crippen molar-refractivity contribution in [2.75, 3.05) is 0 Å². The van der Waals surface area contributed by atoms with E-state index in [1.807, 2.05) is 34.9 Å². The van der Waals surface area contributed by atoms with Gasteiger partial charge in [-0.1, -0.05) is 48.5 Å². The standard InChI is InChI=1S/C21H14N4/c22-12-16-10-11-19-23-20-17-8-4-5-9-18(17)24(21(20)25(19)14-16)13-15-6-2-1-3-7-15/h1-11,14H,13H2. The molecule has 4 heteroatoms. The van der Waals surface area contributed by atoms with E-state index in [1.54, 1.807) is 0 Å². The van der Waals surface area contributed by atoms with E-state index in [4.69, 9.17) is 4.98 Å². The summed E-state index contributed by atoms with van der Waals surface area (Å²) in [6, 6.07) is 24.7. The second-order valence-corrected chi connectivity index (χ2v) is 6.13. The number of pyridine rings is 1. The van der Waals surface area contributed by atoms with Crippen molar-refractivity contribution in [1.29, 1.82) is 5.26 Å². The zero-order chi connectivity index (χ0) is 16.8. The molecule has 0 spiro atoms. The smallest absolute Gasteiger partial charge is 0.146 e. The number of hydrogen-bond donors (Lipinski definition) is 0. The van der Waals surface area contributed by atoms with Crippen LogP contribution < -0.4 is 0 Å². The average Bonchev–Trinajstić information content (AvgIpc) is 3.18. The Kier molecular flexibility index (Phi) is 2.88. The summed E-state index contributed by atoms with van der Waals surface area (Å²) >= 11 is 0. The predicted molar refractivity (Wildman–Crippen MR) is 98.5 cm³/mol. The second kappa shape index (κ2) is 5.22. The minimum atomic E-state index is 0.628. The van der Waals surface area contributed by atoms with Crippen molar-refractivity contribution in [3.63, 3.8) is 0 Å².